The average molecular weight is 176 g/mol. The predicted octanol–water partition coefficient (Wildman–Crippen LogP) is 3.32. The maximum absolute atomic E-state index is 12.3. The number of allylic oxidation sites excluding steroid dienone is 4. The van der Waals surface area contributed by atoms with Gasteiger partial charge >= 0.3 is 6.18 Å². The molecular weight excluding hydrogens is 165 g/mol. The zero-order chi connectivity index (χ0) is 9.19. The van der Waals surface area contributed by atoms with E-state index >= 15 is 0 Å². The third-order valence-electron chi connectivity index (χ3n) is 2.10. The summed E-state index contributed by atoms with van der Waals surface area (Å²) in [6, 6.07) is 0. The van der Waals surface area contributed by atoms with E-state index in [1.807, 2.05) is 0 Å². The van der Waals surface area contributed by atoms with Crippen LogP contribution in [0.5, 0.6) is 0 Å². The van der Waals surface area contributed by atoms with E-state index in [1.165, 1.54) is 12.2 Å². The second-order valence-electron chi connectivity index (χ2n) is 2.91. The van der Waals surface area contributed by atoms with Crippen LogP contribution in [0.2, 0.25) is 0 Å². The van der Waals surface area contributed by atoms with Gasteiger partial charge in [0.1, 0.15) is 0 Å². The van der Waals surface area contributed by atoms with Gasteiger partial charge in [0.05, 0.1) is 5.92 Å². The first-order valence-electron chi connectivity index (χ1n) is 3.97. The lowest BCUT2D eigenvalue weighted by molar-refractivity contribution is -0.170. The molecule has 0 aromatic carbocycles. The summed E-state index contributed by atoms with van der Waals surface area (Å²) < 4.78 is 36.9. The first-order chi connectivity index (χ1) is 5.55. The number of hydrogen-bond donors (Lipinski definition) is 0. The Morgan fingerprint density at radius 3 is 2.17 bits per heavy atom. The largest absolute Gasteiger partial charge is 0.395 e. The third-order valence-corrected chi connectivity index (χ3v) is 2.10. The predicted molar refractivity (Wildman–Crippen MR) is 41.6 cm³/mol. The van der Waals surface area contributed by atoms with Crippen LogP contribution >= 0.6 is 0 Å². The summed E-state index contributed by atoms with van der Waals surface area (Å²) in [5.41, 5.74) is 0. The van der Waals surface area contributed by atoms with Crippen LogP contribution in [-0.2, 0) is 0 Å². The van der Waals surface area contributed by atoms with Crippen LogP contribution in [0.25, 0.3) is 0 Å². The Hall–Kier alpha value is -0.730. The van der Waals surface area contributed by atoms with Gasteiger partial charge in [0.2, 0.25) is 0 Å². The summed E-state index contributed by atoms with van der Waals surface area (Å²) in [5.74, 6) is -1.66. The van der Waals surface area contributed by atoms with Crippen LogP contribution in [0.4, 0.5) is 13.2 Å². The van der Waals surface area contributed by atoms with E-state index in [1.54, 1.807) is 19.1 Å². The fourth-order valence-electron chi connectivity index (χ4n) is 1.40. The van der Waals surface area contributed by atoms with Crippen molar-refractivity contribution in [2.75, 3.05) is 0 Å². The van der Waals surface area contributed by atoms with E-state index in [-0.39, 0.29) is 5.92 Å². The molecule has 0 fully saturated rings. The van der Waals surface area contributed by atoms with E-state index in [4.69, 9.17) is 0 Å². The van der Waals surface area contributed by atoms with Crippen molar-refractivity contribution in [3.8, 4) is 0 Å². The number of rotatable bonds is 1. The average Bonchev–Trinajstić information content (AvgIpc) is 2.03. The Bertz CT molecular complexity index is 200. The van der Waals surface area contributed by atoms with Gasteiger partial charge in [-0.1, -0.05) is 31.2 Å². The Morgan fingerprint density at radius 1 is 1.17 bits per heavy atom. The van der Waals surface area contributed by atoms with Crippen LogP contribution < -0.4 is 0 Å². The molecule has 1 aliphatic rings. The molecule has 0 aromatic rings. The molecule has 12 heavy (non-hydrogen) atoms. The maximum Gasteiger partial charge on any atom is 0.395 e. The molecule has 0 aliphatic heterocycles. The fourth-order valence-corrected chi connectivity index (χ4v) is 1.40. The zero-order valence-electron chi connectivity index (χ0n) is 6.81. The molecule has 1 rings (SSSR count). The van der Waals surface area contributed by atoms with Gasteiger partial charge in [0, 0.05) is 0 Å². The van der Waals surface area contributed by atoms with Crippen molar-refractivity contribution in [1.29, 1.82) is 0 Å². The first-order valence-corrected chi connectivity index (χ1v) is 3.97. The molecule has 0 saturated heterocycles. The van der Waals surface area contributed by atoms with E-state index in [2.05, 4.69) is 0 Å². The molecule has 0 heterocycles. The zero-order valence-corrected chi connectivity index (χ0v) is 6.81. The highest BCUT2D eigenvalue weighted by molar-refractivity contribution is 5.15. The highest BCUT2D eigenvalue weighted by Crippen LogP contribution is 2.36. The van der Waals surface area contributed by atoms with Crippen LogP contribution in [0.1, 0.15) is 13.3 Å². The molecule has 0 aromatic heterocycles. The van der Waals surface area contributed by atoms with E-state index < -0.39 is 12.1 Å². The van der Waals surface area contributed by atoms with Gasteiger partial charge in [0.25, 0.3) is 0 Å². The van der Waals surface area contributed by atoms with E-state index in [0.29, 0.717) is 6.42 Å². The van der Waals surface area contributed by atoms with Crippen molar-refractivity contribution < 1.29 is 13.2 Å². The third kappa shape index (κ3) is 1.90. The number of halogens is 3. The normalized spacial score (nSPS) is 29.3. The molecule has 0 N–H and O–H groups in total. The van der Waals surface area contributed by atoms with Gasteiger partial charge in [-0.3, -0.25) is 0 Å². The molecule has 0 spiro atoms. The van der Waals surface area contributed by atoms with Crippen molar-refractivity contribution in [1.82, 2.24) is 0 Å². The minimum atomic E-state index is -4.10. The van der Waals surface area contributed by atoms with Crippen molar-refractivity contribution in [2.45, 2.75) is 19.5 Å². The summed E-state index contributed by atoms with van der Waals surface area (Å²) >= 11 is 0. The van der Waals surface area contributed by atoms with Crippen LogP contribution in [0.3, 0.4) is 0 Å². The van der Waals surface area contributed by atoms with Gasteiger partial charge in [0.15, 0.2) is 0 Å². The minimum absolute atomic E-state index is 0.380. The summed E-state index contributed by atoms with van der Waals surface area (Å²) in [6.45, 7) is 1.77. The minimum Gasteiger partial charge on any atom is -0.170 e. The number of hydrogen-bond acceptors (Lipinski definition) is 0. The fraction of sp³-hybridized carbons (Fsp3) is 0.556. The quantitative estimate of drug-likeness (QED) is 0.575. The van der Waals surface area contributed by atoms with Crippen molar-refractivity contribution in [3.63, 3.8) is 0 Å². The summed E-state index contributed by atoms with van der Waals surface area (Å²) in [5, 5.41) is 0. The molecular formula is C9H11F3. The SMILES string of the molecule is CCC1C=CC=CC1C(F)(F)F. The monoisotopic (exact) mass is 176 g/mol. The molecule has 0 bridgehead atoms. The molecule has 1 aliphatic carbocycles. The summed E-state index contributed by atoms with van der Waals surface area (Å²) in [4.78, 5) is 0. The lowest BCUT2D eigenvalue weighted by Crippen LogP contribution is -2.28. The Balaban J connectivity index is 2.76. The lowest BCUT2D eigenvalue weighted by Gasteiger charge is -2.24. The summed E-state index contributed by atoms with van der Waals surface area (Å²) in [7, 11) is 0. The van der Waals surface area contributed by atoms with Crippen molar-refractivity contribution in [3.05, 3.63) is 24.3 Å². The Labute approximate surface area is 69.8 Å². The molecule has 3 heteroatoms. The molecule has 68 valence electrons. The van der Waals surface area contributed by atoms with Crippen LogP contribution in [-0.4, -0.2) is 6.18 Å². The molecule has 2 unspecified atom stereocenters. The smallest absolute Gasteiger partial charge is 0.170 e. The molecule has 2 atom stereocenters. The Kier molecular flexibility index (Phi) is 2.60. The summed E-state index contributed by atoms with van der Waals surface area (Å²) in [6.07, 6.45) is 2.43. The van der Waals surface area contributed by atoms with Crippen molar-refractivity contribution in [2.24, 2.45) is 11.8 Å². The highest BCUT2D eigenvalue weighted by Gasteiger charge is 2.41. The van der Waals surface area contributed by atoms with Gasteiger partial charge in [-0.05, 0) is 12.3 Å². The molecule has 0 nitrogen and oxygen atoms in total. The van der Waals surface area contributed by atoms with Crippen LogP contribution in [0.15, 0.2) is 24.3 Å². The van der Waals surface area contributed by atoms with E-state index in [0.717, 1.165) is 0 Å². The van der Waals surface area contributed by atoms with Gasteiger partial charge in [-0.2, -0.15) is 13.2 Å². The van der Waals surface area contributed by atoms with Gasteiger partial charge < -0.3 is 0 Å². The lowest BCUT2D eigenvalue weighted by atomic mass is 9.86. The molecule has 0 radical (unpaired) electrons. The van der Waals surface area contributed by atoms with Gasteiger partial charge in [-0.25, -0.2) is 0 Å². The van der Waals surface area contributed by atoms with Gasteiger partial charge in [-0.15, -0.1) is 0 Å². The molecule has 0 amide bonds. The highest BCUT2D eigenvalue weighted by atomic mass is 19.4. The standard InChI is InChI=1S/C9H11F3/c1-2-7-5-3-4-6-8(7)9(10,11)12/h3-8H,2H2,1H3. The van der Waals surface area contributed by atoms with Crippen LogP contribution in [0, 0.1) is 11.8 Å². The van der Waals surface area contributed by atoms with E-state index in [9.17, 15) is 13.2 Å². The molecule has 0 saturated carbocycles. The topological polar surface area (TPSA) is 0 Å². The first kappa shape index (κ1) is 9.36. The maximum atomic E-state index is 12.3. The van der Waals surface area contributed by atoms with Crippen molar-refractivity contribution >= 4 is 0 Å². The number of alkyl halides is 3. The Morgan fingerprint density at radius 2 is 1.75 bits per heavy atom. The second-order valence-corrected chi connectivity index (χ2v) is 2.91. The second kappa shape index (κ2) is 3.33.